The van der Waals surface area contributed by atoms with Crippen molar-refractivity contribution < 1.29 is 19.4 Å². The lowest BCUT2D eigenvalue weighted by molar-refractivity contribution is -0.122. The number of amidine groups is 1. The molecule has 4 aromatic carbocycles. The van der Waals surface area contributed by atoms with Gasteiger partial charge in [-0.05, 0) is 31.4 Å². The molecule has 0 saturated heterocycles. The second kappa shape index (κ2) is 30.6. The van der Waals surface area contributed by atoms with Gasteiger partial charge >= 0.3 is 0 Å². The third-order valence-electron chi connectivity index (χ3n) is 4.82. The Morgan fingerprint density at radius 1 is 0.762 bits per heavy atom. The molecule has 0 spiro atoms. The summed E-state index contributed by atoms with van der Waals surface area (Å²) >= 11 is 0. The zero-order valence-electron chi connectivity index (χ0n) is 25.1. The Labute approximate surface area is 251 Å². The summed E-state index contributed by atoms with van der Waals surface area (Å²) in [5.41, 5.74) is 10.3. The van der Waals surface area contributed by atoms with Crippen molar-refractivity contribution in [2.45, 2.75) is 33.8 Å². The van der Waals surface area contributed by atoms with Crippen LogP contribution in [-0.4, -0.2) is 37.5 Å². The second-order valence-electron chi connectivity index (χ2n) is 8.29. The first-order valence-electron chi connectivity index (χ1n) is 13.2. The van der Waals surface area contributed by atoms with Crippen molar-refractivity contribution in [2.75, 3.05) is 13.7 Å². The molecule has 226 valence electrons. The molecule has 8 heteroatoms. The molecule has 0 radical (unpaired) electrons. The fraction of sp³-hybridized carbons (Fsp3) is 0.206. The average Bonchev–Trinajstić information content (AvgIpc) is 3.03. The summed E-state index contributed by atoms with van der Waals surface area (Å²) in [6, 6.07) is 41.1. The van der Waals surface area contributed by atoms with Gasteiger partial charge in [0, 0.05) is 7.11 Å². The van der Waals surface area contributed by atoms with E-state index in [4.69, 9.17) is 26.2 Å². The zero-order chi connectivity index (χ0) is 31.7. The Morgan fingerprint density at radius 3 is 1.36 bits per heavy atom. The van der Waals surface area contributed by atoms with E-state index in [-0.39, 0.29) is 18.9 Å². The number of benzene rings is 4. The van der Waals surface area contributed by atoms with Gasteiger partial charge in [-0.25, -0.2) is 0 Å². The van der Waals surface area contributed by atoms with Crippen LogP contribution in [0.1, 0.15) is 29.2 Å². The number of hydrogen-bond acceptors (Lipinski definition) is 5. The maximum absolute atomic E-state index is 9.56. The number of ether oxygens (including phenoxy) is 1. The number of carboxylic acid groups (broad SMARTS) is 1. The van der Waals surface area contributed by atoms with Crippen LogP contribution < -0.4 is 16.9 Å². The summed E-state index contributed by atoms with van der Waals surface area (Å²) < 4.78 is 4.93. The largest absolute Gasteiger partial charge is 0.483 e. The van der Waals surface area contributed by atoms with E-state index in [1.165, 1.54) is 22.3 Å². The summed E-state index contributed by atoms with van der Waals surface area (Å²) in [7, 11) is 1.70. The standard InChI is InChI=1S/C8H10O.C8H10.2C7H8.C3H8N4O.CH2O2/c1-9-7-8-5-3-2-4-6-8;1-2-8-6-4-3-5-7-8;2*1-7-5-3-2-4-6-7;4-3(7-5)1-6-2-8;2-1-3/h2-6H,7H2,1H3;3-7H,2H2,1H3;2*2-6H,1H3;2H,1,5H2,(H2,4,7)(H,6,8);1H,(H,2,3). The molecule has 42 heavy (non-hydrogen) atoms. The van der Waals surface area contributed by atoms with Crippen LogP contribution in [0.2, 0.25) is 0 Å². The molecular formula is C34H46N4O4. The predicted molar refractivity (Wildman–Crippen MR) is 174 cm³/mol. The van der Waals surface area contributed by atoms with Crippen molar-refractivity contribution in [3.63, 3.8) is 0 Å². The summed E-state index contributed by atoms with van der Waals surface area (Å²) in [4.78, 5) is 17.9. The molecule has 0 atom stereocenters. The number of nitrogens with two attached hydrogens (primary N) is 2. The smallest absolute Gasteiger partial charge is 0.290 e. The summed E-state index contributed by atoms with van der Waals surface area (Å²) in [6.07, 6.45) is 1.67. The SMILES string of the molecule is CCc1ccccc1.COCc1ccccc1.Cc1ccccc1.Cc1ccccc1.N/N=C(\N)CNC=O.O=CO. The van der Waals surface area contributed by atoms with Crippen LogP contribution in [0.25, 0.3) is 0 Å². The first kappa shape index (κ1) is 39.2. The lowest BCUT2D eigenvalue weighted by Gasteiger charge is -1.95. The number of hydrazone groups is 1. The van der Waals surface area contributed by atoms with Gasteiger partial charge in [-0.3, -0.25) is 9.59 Å². The van der Waals surface area contributed by atoms with Crippen LogP contribution in [0.5, 0.6) is 0 Å². The summed E-state index contributed by atoms with van der Waals surface area (Å²) in [5.74, 6) is 4.93. The van der Waals surface area contributed by atoms with Crippen LogP contribution in [-0.2, 0) is 27.4 Å². The Bertz CT molecular complexity index is 1110. The van der Waals surface area contributed by atoms with Gasteiger partial charge in [0.25, 0.3) is 6.47 Å². The lowest BCUT2D eigenvalue weighted by Crippen LogP contribution is -2.28. The van der Waals surface area contributed by atoms with E-state index in [0.29, 0.717) is 13.0 Å². The normalized spacial score (nSPS) is 9.00. The first-order valence-corrected chi connectivity index (χ1v) is 13.2. The molecule has 0 saturated carbocycles. The monoisotopic (exact) mass is 574 g/mol. The molecule has 0 heterocycles. The molecule has 6 N–H and O–H groups in total. The number of amides is 1. The summed E-state index contributed by atoms with van der Waals surface area (Å²) in [5, 5.41) is 12.3. The molecule has 0 unspecified atom stereocenters. The van der Waals surface area contributed by atoms with Crippen molar-refractivity contribution in [1.82, 2.24) is 5.32 Å². The highest BCUT2D eigenvalue weighted by atomic mass is 16.5. The maximum atomic E-state index is 9.56. The lowest BCUT2D eigenvalue weighted by atomic mass is 10.2. The number of methoxy groups -OCH3 is 1. The fourth-order valence-corrected chi connectivity index (χ4v) is 2.72. The number of nitrogens with zero attached hydrogens (tertiary/aromatic N) is 1. The third-order valence-corrected chi connectivity index (χ3v) is 4.82. The highest BCUT2D eigenvalue weighted by Gasteiger charge is 1.85. The molecule has 0 fully saturated rings. The highest BCUT2D eigenvalue weighted by Crippen LogP contribution is 1.98. The molecule has 0 aliphatic heterocycles. The Morgan fingerprint density at radius 2 is 1.12 bits per heavy atom. The quantitative estimate of drug-likeness (QED) is 0.0762. The van der Waals surface area contributed by atoms with Crippen LogP contribution >= 0.6 is 0 Å². The predicted octanol–water partition coefficient (Wildman–Crippen LogP) is 5.74. The average molecular weight is 575 g/mol. The van der Waals surface area contributed by atoms with Crippen LogP contribution in [0.3, 0.4) is 0 Å². The van der Waals surface area contributed by atoms with Gasteiger partial charge in [0.05, 0.1) is 13.2 Å². The third kappa shape index (κ3) is 28.1. The molecule has 0 aliphatic rings. The maximum Gasteiger partial charge on any atom is 0.290 e. The van der Waals surface area contributed by atoms with Gasteiger partial charge in [0.1, 0.15) is 5.84 Å². The fourth-order valence-electron chi connectivity index (χ4n) is 2.72. The Balaban J connectivity index is 0. The second-order valence-corrected chi connectivity index (χ2v) is 8.29. The number of aryl methyl sites for hydroxylation is 3. The van der Waals surface area contributed by atoms with Gasteiger partial charge in [0.15, 0.2) is 0 Å². The minimum absolute atomic E-state index is 0.206. The van der Waals surface area contributed by atoms with Gasteiger partial charge < -0.3 is 26.7 Å². The van der Waals surface area contributed by atoms with Gasteiger partial charge in [-0.2, -0.15) is 5.10 Å². The van der Waals surface area contributed by atoms with E-state index in [0.717, 1.165) is 6.42 Å². The van der Waals surface area contributed by atoms with Gasteiger partial charge in [-0.15, -0.1) is 0 Å². The molecule has 0 aromatic heterocycles. The highest BCUT2D eigenvalue weighted by molar-refractivity contribution is 5.83. The number of nitrogens with one attached hydrogen (secondary N) is 1. The Kier molecular flexibility index (Phi) is 28.5. The van der Waals surface area contributed by atoms with Crippen molar-refractivity contribution in [2.24, 2.45) is 16.7 Å². The van der Waals surface area contributed by atoms with Gasteiger partial charge in [-0.1, -0.05) is 139 Å². The van der Waals surface area contributed by atoms with Crippen molar-refractivity contribution in [3.8, 4) is 0 Å². The van der Waals surface area contributed by atoms with Crippen molar-refractivity contribution in [3.05, 3.63) is 144 Å². The van der Waals surface area contributed by atoms with E-state index in [9.17, 15) is 4.79 Å². The minimum atomic E-state index is -0.250. The minimum Gasteiger partial charge on any atom is -0.483 e. The number of carbonyl (C=O) groups excluding carboxylic acids is 1. The zero-order valence-corrected chi connectivity index (χ0v) is 25.1. The van der Waals surface area contributed by atoms with E-state index in [1.807, 2.05) is 72.8 Å². The summed E-state index contributed by atoms with van der Waals surface area (Å²) in [6.45, 7) is 7.00. The number of hydrogen-bond donors (Lipinski definition) is 4. The van der Waals surface area contributed by atoms with Crippen molar-refractivity contribution in [1.29, 1.82) is 0 Å². The molecule has 4 rings (SSSR count). The number of rotatable bonds is 6. The van der Waals surface area contributed by atoms with Crippen molar-refractivity contribution >= 4 is 18.7 Å². The first-order chi connectivity index (χ1) is 20.4. The molecule has 8 nitrogen and oxygen atoms in total. The van der Waals surface area contributed by atoms with E-state index >= 15 is 0 Å². The van der Waals surface area contributed by atoms with Crippen LogP contribution in [0, 0.1) is 13.8 Å². The van der Waals surface area contributed by atoms with E-state index in [1.54, 1.807) is 7.11 Å². The molecular weight excluding hydrogens is 528 g/mol. The van der Waals surface area contributed by atoms with Crippen LogP contribution in [0.15, 0.2) is 126 Å². The molecule has 1 amide bonds. The van der Waals surface area contributed by atoms with Crippen LogP contribution in [0.4, 0.5) is 0 Å². The van der Waals surface area contributed by atoms with E-state index in [2.05, 4.69) is 79.7 Å². The number of carbonyl (C=O) groups is 2. The Hall–Kier alpha value is -4.95. The molecule has 0 bridgehead atoms. The molecule has 0 aliphatic carbocycles. The topological polar surface area (TPSA) is 140 Å². The van der Waals surface area contributed by atoms with E-state index < -0.39 is 0 Å². The molecule has 4 aromatic rings. The van der Waals surface area contributed by atoms with Gasteiger partial charge in [0.2, 0.25) is 6.41 Å².